The molecule has 0 saturated carbocycles. The molecule has 104 valence electrons. The van der Waals surface area contributed by atoms with Crippen molar-refractivity contribution in [2.75, 3.05) is 13.2 Å². The Balaban J connectivity index is 2.60. The van der Waals surface area contributed by atoms with Gasteiger partial charge in [0.15, 0.2) is 0 Å². The highest BCUT2D eigenvalue weighted by molar-refractivity contribution is 5.82. The van der Waals surface area contributed by atoms with Gasteiger partial charge in [-0.15, -0.1) is 0 Å². The third kappa shape index (κ3) is 3.60. The molecule has 3 atom stereocenters. The summed E-state index contributed by atoms with van der Waals surface area (Å²) in [6.45, 7) is 4.46. The van der Waals surface area contributed by atoms with E-state index in [2.05, 4.69) is 12.2 Å². The van der Waals surface area contributed by atoms with Crippen molar-refractivity contribution in [3.63, 3.8) is 0 Å². The molecule has 0 bridgehead atoms. The van der Waals surface area contributed by atoms with Crippen LogP contribution in [0.1, 0.15) is 33.1 Å². The van der Waals surface area contributed by atoms with Crippen LogP contribution in [0, 0.1) is 5.92 Å². The highest BCUT2D eigenvalue weighted by Gasteiger charge is 2.30. The van der Waals surface area contributed by atoms with Gasteiger partial charge >= 0.3 is 12.0 Å². The van der Waals surface area contributed by atoms with Crippen LogP contribution in [0.3, 0.4) is 0 Å². The molecule has 0 aromatic rings. The number of carbonyl (C=O) groups excluding carboxylic acids is 1. The van der Waals surface area contributed by atoms with E-state index in [4.69, 9.17) is 10.2 Å². The molecule has 1 fully saturated rings. The van der Waals surface area contributed by atoms with Gasteiger partial charge in [-0.25, -0.2) is 9.59 Å². The van der Waals surface area contributed by atoms with E-state index in [0.717, 1.165) is 12.8 Å². The monoisotopic (exact) mass is 258 g/mol. The summed E-state index contributed by atoms with van der Waals surface area (Å²) in [6.07, 6.45) is 2.06. The molecule has 0 aromatic carbocycles. The van der Waals surface area contributed by atoms with Gasteiger partial charge in [0.2, 0.25) is 0 Å². The van der Waals surface area contributed by atoms with Crippen LogP contribution in [-0.4, -0.2) is 52.3 Å². The molecule has 2 unspecified atom stereocenters. The Labute approximate surface area is 107 Å². The average molecular weight is 258 g/mol. The van der Waals surface area contributed by atoms with Gasteiger partial charge in [0.05, 0.1) is 0 Å². The van der Waals surface area contributed by atoms with Crippen molar-refractivity contribution >= 4 is 12.0 Å². The molecule has 0 radical (unpaired) electrons. The highest BCUT2D eigenvalue weighted by Crippen LogP contribution is 2.22. The normalized spacial score (nSPS) is 25.6. The standard InChI is InChI=1S/C12H22N2O4/c1-8-4-3-6-14(9(8)2)12(18)13-10(5-7-15)11(16)17/h8-10,15H,3-7H2,1-2H3,(H,13,18)(H,16,17)/t8?,9?,10-/m0/s1. The molecular formula is C12H22N2O4. The maximum absolute atomic E-state index is 12.0. The Morgan fingerprint density at radius 2 is 2.11 bits per heavy atom. The number of hydrogen-bond donors (Lipinski definition) is 3. The molecule has 6 heteroatoms. The van der Waals surface area contributed by atoms with Crippen LogP contribution in [0.15, 0.2) is 0 Å². The first-order valence-electron chi connectivity index (χ1n) is 6.38. The summed E-state index contributed by atoms with van der Waals surface area (Å²) in [5.74, 6) is -0.694. The van der Waals surface area contributed by atoms with Crippen LogP contribution >= 0.6 is 0 Å². The SMILES string of the molecule is CC1CCCN(C(=O)N[C@@H](CCO)C(=O)O)C1C. The summed E-state index contributed by atoms with van der Waals surface area (Å²) >= 11 is 0. The number of nitrogens with zero attached hydrogens (tertiary/aromatic N) is 1. The molecule has 3 N–H and O–H groups in total. The average Bonchev–Trinajstić information content (AvgIpc) is 2.31. The lowest BCUT2D eigenvalue weighted by Gasteiger charge is -2.38. The van der Waals surface area contributed by atoms with Gasteiger partial charge < -0.3 is 20.4 Å². The zero-order valence-electron chi connectivity index (χ0n) is 10.9. The number of piperidine rings is 1. The first kappa shape index (κ1) is 14.8. The summed E-state index contributed by atoms with van der Waals surface area (Å²) in [6, 6.07) is -1.26. The van der Waals surface area contributed by atoms with Gasteiger partial charge in [-0.2, -0.15) is 0 Å². The zero-order chi connectivity index (χ0) is 13.7. The fourth-order valence-electron chi connectivity index (χ4n) is 2.24. The fraction of sp³-hybridized carbons (Fsp3) is 0.833. The second kappa shape index (κ2) is 6.58. The van der Waals surface area contributed by atoms with Crippen molar-refractivity contribution in [1.82, 2.24) is 10.2 Å². The summed E-state index contributed by atoms with van der Waals surface area (Å²) < 4.78 is 0. The summed E-state index contributed by atoms with van der Waals surface area (Å²) in [7, 11) is 0. The second-order valence-corrected chi connectivity index (χ2v) is 4.91. The molecular weight excluding hydrogens is 236 g/mol. The molecule has 0 aromatic heterocycles. The quantitative estimate of drug-likeness (QED) is 0.690. The van der Waals surface area contributed by atoms with E-state index < -0.39 is 12.0 Å². The van der Waals surface area contributed by atoms with Crippen molar-refractivity contribution in [2.45, 2.75) is 45.2 Å². The van der Waals surface area contributed by atoms with Crippen molar-refractivity contribution in [3.8, 4) is 0 Å². The van der Waals surface area contributed by atoms with Gasteiger partial charge in [-0.05, 0) is 25.7 Å². The summed E-state index contributed by atoms with van der Waals surface area (Å²) in [4.78, 5) is 24.6. The third-order valence-electron chi connectivity index (χ3n) is 3.65. The van der Waals surface area contributed by atoms with Crippen LogP contribution in [0.4, 0.5) is 4.79 Å². The maximum atomic E-state index is 12.0. The fourth-order valence-corrected chi connectivity index (χ4v) is 2.24. The Bertz CT molecular complexity index is 308. The van der Waals surface area contributed by atoms with Crippen LogP contribution in [0.2, 0.25) is 0 Å². The van der Waals surface area contributed by atoms with Gasteiger partial charge in [-0.1, -0.05) is 6.92 Å². The number of nitrogens with one attached hydrogen (secondary N) is 1. The van der Waals surface area contributed by atoms with Crippen LogP contribution in [-0.2, 0) is 4.79 Å². The minimum Gasteiger partial charge on any atom is -0.480 e. The Morgan fingerprint density at radius 1 is 1.44 bits per heavy atom. The summed E-state index contributed by atoms with van der Waals surface area (Å²) in [5, 5.41) is 20.2. The Morgan fingerprint density at radius 3 is 2.67 bits per heavy atom. The molecule has 6 nitrogen and oxygen atoms in total. The van der Waals surface area contributed by atoms with E-state index in [9.17, 15) is 9.59 Å². The van der Waals surface area contributed by atoms with Crippen LogP contribution in [0.5, 0.6) is 0 Å². The molecule has 2 amide bonds. The number of aliphatic carboxylic acids is 1. The number of carboxylic acids is 1. The van der Waals surface area contributed by atoms with Crippen molar-refractivity contribution in [1.29, 1.82) is 0 Å². The number of likely N-dealkylation sites (tertiary alicyclic amines) is 1. The minimum atomic E-state index is -1.12. The summed E-state index contributed by atoms with van der Waals surface area (Å²) in [5.41, 5.74) is 0. The number of aliphatic hydroxyl groups is 1. The number of urea groups is 1. The first-order valence-corrected chi connectivity index (χ1v) is 6.38. The lowest BCUT2D eigenvalue weighted by molar-refractivity contribution is -0.139. The molecule has 0 aliphatic carbocycles. The maximum Gasteiger partial charge on any atom is 0.326 e. The Kier molecular flexibility index (Phi) is 5.40. The van der Waals surface area contributed by atoms with E-state index in [-0.39, 0.29) is 25.1 Å². The van der Waals surface area contributed by atoms with Crippen molar-refractivity contribution < 1.29 is 19.8 Å². The third-order valence-corrected chi connectivity index (χ3v) is 3.65. The lowest BCUT2D eigenvalue weighted by Crippen LogP contribution is -2.54. The molecule has 18 heavy (non-hydrogen) atoms. The number of hydrogen-bond acceptors (Lipinski definition) is 3. The largest absolute Gasteiger partial charge is 0.480 e. The van der Waals surface area contributed by atoms with Crippen molar-refractivity contribution in [3.05, 3.63) is 0 Å². The van der Waals surface area contributed by atoms with Gasteiger partial charge in [-0.3, -0.25) is 0 Å². The molecule has 1 rings (SSSR count). The highest BCUT2D eigenvalue weighted by atomic mass is 16.4. The van der Waals surface area contributed by atoms with Crippen LogP contribution in [0.25, 0.3) is 0 Å². The first-order chi connectivity index (χ1) is 8.47. The van der Waals surface area contributed by atoms with Gasteiger partial charge in [0, 0.05) is 25.6 Å². The number of carboxylic acid groups (broad SMARTS) is 1. The number of amides is 2. The van der Waals surface area contributed by atoms with Crippen LogP contribution < -0.4 is 5.32 Å². The van der Waals surface area contributed by atoms with E-state index >= 15 is 0 Å². The van der Waals surface area contributed by atoms with Crippen molar-refractivity contribution in [2.24, 2.45) is 5.92 Å². The second-order valence-electron chi connectivity index (χ2n) is 4.91. The van der Waals surface area contributed by atoms with E-state index in [1.165, 1.54) is 0 Å². The van der Waals surface area contributed by atoms with Gasteiger partial charge in [0.1, 0.15) is 6.04 Å². The molecule has 1 heterocycles. The lowest BCUT2D eigenvalue weighted by atomic mass is 9.92. The molecule has 1 saturated heterocycles. The smallest absolute Gasteiger partial charge is 0.326 e. The number of carbonyl (C=O) groups is 2. The Hall–Kier alpha value is -1.30. The zero-order valence-corrected chi connectivity index (χ0v) is 10.9. The molecule has 0 spiro atoms. The van der Waals surface area contributed by atoms with E-state index in [0.29, 0.717) is 12.5 Å². The molecule has 1 aliphatic heterocycles. The van der Waals surface area contributed by atoms with E-state index in [1.54, 1.807) is 4.90 Å². The number of rotatable bonds is 4. The van der Waals surface area contributed by atoms with E-state index in [1.807, 2.05) is 6.92 Å². The molecule has 1 aliphatic rings. The predicted molar refractivity (Wildman–Crippen MR) is 66.2 cm³/mol. The van der Waals surface area contributed by atoms with Gasteiger partial charge in [0.25, 0.3) is 0 Å². The topological polar surface area (TPSA) is 89.9 Å². The number of aliphatic hydroxyl groups excluding tert-OH is 1. The minimum absolute atomic E-state index is 0.0266. The predicted octanol–water partition coefficient (Wildman–Crippen LogP) is 0.652.